The van der Waals surface area contributed by atoms with Gasteiger partial charge in [-0.2, -0.15) is 0 Å². The molecule has 160 valence electrons. The summed E-state index contributed by atoms with van der Waals surface area (Å²) >= 11 is 6.14. The van der Waals surface area contributed by atoms with Gasteiger partial charge in [0.25, 0.3) is 5.91 Å². The number of aryl methyl sites for hydroxylation is 1. The lowest BCUT2D eigenvalue weighted by Gasteiger charge is -2.11. The van der Waals surface area contributed by atoms with Gasteiger partial charge in [0.1, 0.15) is 5.82 Å². The molecule has 30 heavy (non-hydrogen) atoms. The Morgan fingerprint density at radius 1 is 1.20 bits per heavy atom. The number of para-hydroxylation sites is 2. The summed E-state index contributed by atoms with van der Waals surface area (Å²) in [6.07, 6.45) is 0. The van der Waals surface area contributed by atoms with Crippen LogP contribution in [0.3, 0.4) is 0 Å². The number of nitrogens with one attached hydrogen (secondary N) is 2. The smallest absolute Gasteiger partial charge is 0.252 e. The lowest BCUT2D eigenvalue weighted by molar-refractivity contribution is 0.0952. The molecular formula is C20H23ClN4O4S. The Balaban J connectivity index is 1.70. The van der Waals surface area contributed by atoms with Crippen LogP contribution in [0.25, 0.3) is 11.0 Å². The third-order valence-corrected chi connectivity index (χ3v) is 6.35. The Labute approximate surface area is 180 Å². The van der Waals surface area contributed by atoms with Gasteiger partial charge in [-0.1, -0.05) is 23.7 Å². The molecule has 0 bridgehead atoms. The maximum absolute atomic E-state index is 12.6. The molecule has 0 saturated carbocycles. The zero-order valence-corrected chi connectivity index (χ0v) is 18.3. The lowest BCUT2D eigenvalue weighted by Crippen LogP contribution is -2.29. The average molecular weight is 451 g/mol. The fourth-order valence-corrected chi connectivity index (χ4v) is 4.30. The lowest BCUT2D eigenvalue weighted by atomic mass is 10.2. The van der Waals surface area contributed by atoms with Crippen LogP contribution in [0.15, 0.2) is 47.4 Å². The van der Waals surface area contributed by atoms with Gasteiger partial charge in [0.2, 0.25) is 10.0 Å². The largest absolute Gasteiger partial charge is 0.383 e. The molecule has 8 nitrogen and oxygen atoms in total. The number of benzene rings is 2. The van der Waals surface area contributed by atoms with Gasteiger partial charge in [-0.05, 0) is 37.3 Å². The number of nitrogens with zero attached hydrogens (tertiary/aromatic N) is 2. The molecule has 0 radical (unpaired) electrons. The number of rotatable bonds is 9. The van der Waals surface area contributed by atoms with Crippen molar-refractivity contribution in [3.05, 3.63) is 58.9 Å². The zero-order valence-electron chi connectivity index (χ0n) is 16.7. The zero-order chi connectivity index (χ0) is 21.7. The predicted octanol–water partition coefficient (Wildman–Crippen LogP) is 2.35. The van der Waals surface area contributed by atoms with Gasteiger partial charge >= 0.3 is 0 Å². The van der Waals surface area contributed by atoms with E-state index in [4.69, 9.17) is 16.3 Å². The molecule has 0 aliphatic heterocycles. The van der Waals surface area contributed by atoms with E-state index in [0.29, 0.717) is 13.1 Å². The van der Waals surface area contributed by atoms with Gasteiger partial charge in [-0.3, -0.25) is 4.79 Å². The van der Waals surface area contributed by atoms with E-state index < -0.39 is 15.9 Å². The molecule has 0 atom stereocenters. The van der Waals surface area contributed by atoms with Crippen molar-refractivity contribution in [2.75, 3.05) is 26.8 Å². The number of ether oxygens (including phenoxy) is 1. The molecule has 2 aromatic carbocycles. The van der Waals surface area contributed by atoms with Gasteiger partial charge in [-0.15, -0.1) is 0 Å². The quantitative estimate of drug-likeness (QED) is 0.487. The van der Waals surface area contributed by atoms with Crippen molar-refractivity contribution >= 4 is 38.6 Å². The van der Waals surface area contributed by atoms with Crippen molar-refractivity contribution in [1.82, 2.24) is 19.6 Å². The maximum atomic E-state index is 12.6. The number of carbonyl (C=O) groups excluding carboxylic acids is 1. The van der Waals surface area contributed by atoms with Crippen molar-refractivity contribution in [1.29, 1.82) is 0 Å². The Hall–Kier alpha value is -2.46. The molecule has 0 aliphatic rings. The maximum Gasteiger partial charge on any atom is 0.252 e. The Morgan fingerprint density at radius 2 is 1.97 bits per heavy atom. The van der Waals surface area contributed by atoms with Crippen LogP contribution in [0.2, 0.25) is 5.02 Å². The van der Waals surface area contributed by atoms with E-state index in [1.54, 1.807) is 0 Å². The SMILES string of the molecule is COCCNS(=O)(=O)c1ccc(Cl)c(C(=O)NCCn2c(C)nc3ccccc32)c1. The van der Waals surface area contributed by atoms with Gasteiger partial charge in [-0.25, -0.2) is 18.1 Å². The van der Waals surface area contributed by atoms with E-state index >= 15 is 0 Å². The number of carbonyl (C=O) groups is 1. The molecule has 0 spiro atoms. The van der Waals surface area contributed by atoms with Gasteiger partial charge in [0.05, 0.1) is 33.1 Å². The van der Waals surface area contributed by atoms with Crippen molar-refractivity contribution in [3.63, 3.8) is 0 Å². The Bertz CT molecular complexity index is 1160. The summed E-state index contributed by atoms with van der Waals surface area (Å²) < 4.78 is 34.0. The molecule has 0 fully saturated rings. The minimum absolute atomic E-state index is 0.0374. The summed E-state index contributed by atoms with van der Waals surface area (Å²) in [4.78, 5) is 17.1. The second-order valence-corrected chi connectivity index (χ2v) is 8.76. The summed E-state index contributed by atoms with van der Waals surface area (Å²) in [5.74, 6) is 0.398. The molecule has 0 aliphatic carbocycles. The minimum Gasteiger partial charge on any atom is -0.383 e. The van der Waals surface area contributed by atoms with Crippen LogP contribution in [0.1, 0.15) is 16.2 Å². The van der Waals surface area contributed by atoms with Crippen molar-refractivity contribution in [3.8, 4) is 0 Å². The molecule has 1 aromatic heterocycles. The number of aromatic nitrogens is 2. The molecule has 3 rings (SSSR count). The minimum atomic E-state index is -3.77. The Morgan fingerprint density at radius 3 is 2.73 bits per heavy atom. The topological polar surface area (TPSA) is 102 Å². The highest BCUT2D eigenvalue weighted by molar-refractivity contribution is 7.89. The fourth-order valence-electron chi connectivity index (χ4n) is 3.06. The van der Waals surface area contributed by atoms with E-state index in [1.807, 2.05) is 35.8 Å². The van der Waals surface area contributed by atoms with Crippen LogP contribution in [0.4, 0.5) is 0 Å². The standard InChI is InChI=1S/C20H23ClN4O4S/c1-14-24-18-5-3-4-6-19(18)25(14)11-9-22-20(26)16-13-15(7-8-17(16)21)30(27,28)23-10-12-29-2/h3-8,13,23H,9-12H2,1-2H3,(H,22,26). The van der Waals surface area contributed by atoms with Gasteiger partial charge in [0, 0.05) is 26.7 Å². The van der Waals surface area contributed by atoms with Gasteiger partial charge < -0.3 is 14.6 Å². The summed E-state index contributed by atoms with van der Waals surface area (Å²) in [6, 6.07) is 11.8. The highest BCUT2D eigenvalue weighted by Crippen LogP contribution is 2.21. The molecule has 10 heteroatoms. The summed E-state index contributed by atoms with van der Waals surface area (Å²) in [6.45, 7) is 3.12. The van der Waals surface area contributed by atoms with E-state index in [0.717, 1.165) is 16.9 Å². The van der Waals surface area contributed by atoms with Crippen molar-refractivity contribution < 1.29 is 17.9 Å². The first kappa shape index (κ1) is 22.2. The highest BCUT2D eigenvalue weighted by Gasteiger charge is 2.18. The molecule has 0 saturated heterocycles. The van der Waals surface area contributed by atoms with E-state index in [9.17, 15) is 13.2 Å². The molecule has 2 N–H and O–H groups in total. The first-order valence-corrected chi connectivity index (χ1v) is 11.2. The molecular weight excluding hydrogens is 428 g/mol. The van der Waals surface area contributed by atoms with E-state index in [-0.39, 0.29) is 28.6 Å². The second-order valence-electron chi connectivity index (χ2n) is 6.59. The number of hydrogen-bond acceptors (Lipinski definition) is 5. The number of methoxy groups -OCH3 is 1. The number of fused-ring (bicyclic) bond motifs is 1. The van der Waals surface area contributed by atoms with Crippen molar-refractivity contribution in [2.24, 2.45) is 0 Å². The van der Waals surface area contributed by atoms with Gasteiger partial charge in [0.15, 0.2) is 0 Å². The average Bonchev–Trinajstić information content (AvgIpc) is 3.03. The monoisotopic (exact) mass is 450 g/mol. The highest BCUT2D eigenvalue weighted by atomic mass is 35.5. The first-order chi connectivity index (χ1) is 14.3. The molecule has 1 amide bonds. The van der Waals surface area contributed by atoms with Crippen LogP contribution >= 0.6 is 11.6 Å². The van der Waals surface area contributed by atoms with Crippen LogP contribution in [0.5, 0.6) is 0 Å². The third-order valence-electron chi connectivity index (χ3n) is 4.56. The normalized spacial score (nSPS) is 11.7. The second kappa shape index (κ2) is 9.57. The van der Waals surface area contributed by atoms with E-state index in [2.05, 4.69) is 15.0 Å². The van der Waals surface area contributed by atoms with Crippen molar-refractivity contribution in [2.45, 2.75) is 18.4 Å². The summed E-state index contributed by atoms with van der Waals surface area (Å²) in [5, 5.41) is 2.97. The van der Waals surface area contributed by atoms with Crippen LogP contribution in [0, 0.1) is 6.92 Å². The number of halogens is 1. The van der Waals surface area contributed by atoms with Crippen LogP contribution in [-0.2, 0) is 21.3 Å². The Kier molecular flexibility index (Phi) is 7.09. The number of hydrogen-bond donors (Lipinski definition) is 2. The number of sulfonamides is 1. The molecule has 3 aromatic rings. The number of imidazole rings is 1. The predicted molar refractivity (Wildman–Crippen MR) is 115 cm³/mol. The summed E-state index contributed by atoms with van der Waals surface area (Å²) in [5.41, 5.74) is 1.97. The van der Waals surface area contributed by atoms with Crippen LogP contribution in [-0.4, -0.2) is 50.7 Å². The molecule has 1 heterocycles. The molecule has 0 unspecified atom stereocenters. The third kappa shape index (κ3) is 4.99. The van der Waals surface area contributed by atoms with Crippen LogP contribution < -0.4 is 10.0 Å². The summed E-state index contributed by atoms with van der Waals surface area (Å²) in [7, 11) is -2.29. The number of amides is 1. The first-order valence-electron chi connectivity index (χ1n) is 9.31. The van der Waals surface area contributed by atoms with E-state index in [1.165, 1.54) is 25.3 Å². The fraction of sp³-hybridized carbons (Fsp3) is 0.300.